The van der Waals surface area contributed by atoms with Crippen molar-refractivity contribution in [2.24, 2.45) is 10.8 Å². The molecular weight excluding hydrogens is 354 g/mol. The molecule has 0 fully saturated rings. The van der Waals surface area contributed by atoms with Crippen molar-refractivity contribution in [3.8, 4) is 0 Å². The van der Waals surface area contributed by atoms with E-state index in [0.717, 1.165) is 38.5 Å². The van der Waals surface area contributed by atoms with Crippen molar-refractivity contribution < 1.29 is 19.5 Å². The Morgan fingerprint density at radius 2 is 1.50 bits per heavy atom. The number of benzene rings is 1. The molecule has 0 saturated carbocycles. The summed E-state index contributed by atoms with van der Waals surface area (Å²) in [5, 5.41) is 9.21. The first-order valence-corrected chi connectivity index (χ1v) is 10.4. The average molecular weight is 388 g/mol. The highest BCUT2D eigenvalue weighted by atomic mass is 16.4. The van der Waals surface area contributed by atoms with Gasteiger partial charge in [0.05, 0.1) is 16.7 Å². The molecule has 154 valence electrons. The molecular formula is C23H33NO4. The molecule has 0 unspecified atom stereocenters. The fourth-order valence-electron chi connectivity index (χ4n) is 5.15. The second-order valence-corrected chi connectivity index (χ2v) is 8.31. The van der Waals surface area contributed by atoms with Gasteiger partial charge < -0.3 is 5.11 Å². The van der Waals surface area contributed by atoms with Gasteiger partial charge in [-0.25, -0.2) is 4.79 Å². The van der Waals surface area contributed by atoms with Crippen molar-refractivity contribution in [1.29, 1.82) is 0 Å². The number of carboxylic acid groups (broad SMARTS) is 1. The number of carboxylic acids is 1. The minimum atomic E-state index is -1.10. The Morgan fingerprint density at radius 1 is 0.964 bits per heavy atom. The largest absolute Gasteiger partial charge is 0.478 e. The summed E-state index contributed by atoms with van der Waals surface area (Å²) in [5.41, 5.74) is 0.409. The van der Waals surface area contributed by atoms with Gasteiger partial charge in [-0.2, -0.15) is 0 Å². The van der Waals surface area contributed by atoms with Crippen molar-refractivity contribution in [2.75, 3.05) is 6.54 Å². The zero-order chi connectivity index (χ0) is 21.1. The lowest BCUT2D eigenvalue weighted by Gasteiger charge is -2.50. The van der Waals surface area contributed by atoms with E-state index in [1.807, 2.05) is 0 Å². The van der Waals surface area contributed by atoms with Crippen molar-refractivity contribution >= 4 is 17.8 Å². The highest BCUT2D eigenvalue weighted by Crippen LogP contribution is 2.52. The summed E-state index contributed by atoms with van der Waals surface area (Å²) in [6.45, 7) is 11.3. The predicted octanol–water partition coefficient (Wildman–Crippen LogP) is 5.39. The maximum absolute atomic E-state index is 13.0. The van der Waals surface area contributed by atoms with Gasteiger partial charge in [0.2, 0.25) is 0 Å². The van der Waals surface area contributed by atoms with Gasteiger partial charge in [0.1, 0.15) is 0 Å². The molecule has 0 aromatic heterocycles. The molecule has 2 rings (SSSR count). The maximum Gasteiger partial charge on any atom is 0.335 e. The van der Waals surface area contributed by atoms with Crippen LogP contribution in [0.4, 0.5) is 0 Å². The minimum Gasteiger partial charge on any atom is -0.478 e. The zero-order valence-corrected chi connectivity index (χ0v) is 17.8. The minimum absolute atomic E-state index is 0.0285. The Bertz CT molecular complexity index is 758. The molecule has 0 spiro atoms. The third kappa shape index (κ3) is 3.59. The fourth-order valence-corrected chi connectivity index (χ4v) is 5.15. The van der Waals surface area contributed by atoms with E-state index in [0.29, 0.717) is 12.1 Å². The number of imide groups is 1. The Hall–Kier alpha value is -2.17. The molecule has 1 aromatic carbocycles. The summed E-state index contributed by atoms with van der Waals surface area (Å²) in [4.78, 5) is 38.7. The number of carbonyl (C=O) groups is 3. The maximum atomic E-state index is 13.0. The third-order valence-electron chi connectivity index (χ3n) is 6.92. The molecule has 5 heteroatoms. The number of fused-ring (bicyclic) bond motifs is 1. The summed E-state index contributed by atoms with van der Waals surface area (Å²) in [7, 11) is 0. The topological polar surface area (TPSA) is 74.7 Å². The Labute approximate surface area is 168 Å². The number of hydrogen-bond donors (Lipinski definition) is 1. The van der Waals surface area contributed by atoms with Gasteiger partial charge in [0.25, 0.3) is 11.8 Å². The van der Waals surface area contributed by atoms with E-state index in [2.05, 4.69) is 34.6 Å². The van der Waals surface area contributed by atoms with E-state index in [1.54, 1.807) is 0 Å². The van der Waals surface area contributed by atoms with Gasteiger partial charge in [-0.05, 0) is 54.7 Å². The molecule has 5 nitrogen and oxygen atoms in total. The summed E-state index contributed by atoms with van der Waals surface area (Å²) in [5.74, 6) is -1.78. The van der Waals surface area contributed by atoms with Gasteiger partial charge in [-0.3, -0.25) is 14.5 Å². The lowest BCUT2D eigenvalue weighted by Crippen LogP contribution is -2.49. The molecule has 28 heavy (non-hydrogen) atoms. The monoisotopic (exact) mass is 387 g/mol. The standard InChI is InChI=1S/C23H33NO4/c1-6-12-22(5,13-7-2)23(8-3,9-4)15-24-19(25)17-11-10-16(21(27)28)14-18(17)20(24)26/h10-11,14H,6-9,12-13,15H2,1-5H3,(H,27,28). The van der Waals surface area contributed by atoms with E-state index in [9.17, 15) is 19.5 Å². The molecule has 0 bridgehead atoms. The van der Waals surface area contributed by atoms with Crippen molar-refractivity contribution in [3.05, 3.63) is 34.9 Å². The summed E-state index contributed by atoms with van der Waals surface area (Å²) in [6, 6.07) is 4.19. The molecule has 0 aliphatic carbocycles. The second kappa shape index (κ2) is 8.46. The van der Waals surface area contributed by atoms with E-state index in [4.69, 9.17) is 0 Å². The Balaban J connectivity index is 2.44. The number of aromatic carboxylic acids is 1. The lowest BCUT2D eigenvalue weighted by molar-refractivity contribution is -0.00505. The highest BCUT2D eigenvalue weighted by Gasteiger charge is 2.48. The van der Waals surface area contributed by atoms with Crippen LogP contribution in [0.25, 0.3) is 0 Å². The fraction of sp³-hybridized carbons (Fsp3) is 0.609. The predicted molar refractivity (Wildman–Crippen MR) is 110 cm³/mol. The van der Waals surface area contributed by atoms with Crippen LogP contribution < -0.4 is 0 Å². The van der Waals surface area contributed by atoms with Crippen LogP contribution in [0.5, 0.6) is 0 Å². The van der Waals surface area contributed by atoms with Gasteiger partial charge in [-0.15, -0.1) is 0 Å². The number of amides is 2. The molecule has 1 aliphatic rings. The second-order valence-electron chi connectivity index (χ2n) is 8.31. The Kier molecular flexibility index (Phi) is 6.68. The summed E-state index contributed by atoms with van der Waals surface area (Å²) in [6.07, 6.45) is 5.98. The molecule has 1 N–H and O–H groups in total. The number of rotatable bonds is 10. The quantitative estimate of drug-likeness (QED) is 0.546. The first-order chi connectivity index (χ1) is 13.2. The molecule has 0 radical (unpaired) electrons. The molecule has 2 amide bonds. The lowest BCUT2D eigenvalue weighted by atomic mass is 9.57. The van der Waals surface area contributed by atoms with Gasteiger partial charge >= 0.3 is 5.97 Å². The highest BCUT2D eigenvalue weighted by molar-refractivity contribution is 6.22. The van der Waals surface area contributed by atoms with Gasteiger partial charge in [-0.1, -0.05) is 47.5 Å². The van der Waals surface area contributed by atoms with Crippen LogP contribution in [0, 0.1) is 10.8 Å². The van der Waals surface area contributed by atoms with E-state index in [-0.39, 0.29) is 33.8 Å². The van der Waals surface area contributed by atoms with Gasteiger partial charge in [0, 0.05) is 6.54 Å². The molecule has 0 atom stereocenters. The van der Waals surface area contributed by atoms with E-state index in [1.165, 1.54) is 23.1 Å². The van der Waals surface area contributed by atoms with Crippen LogP contribution >= 0.6 is 0 Å². The number of nitrogens with zero attached hydrogens (tertiary/aromatic N) is 1. The van der Waals surface area contributed by atoms with Crippen LogP contribution in [0.2, 0.25) is 0 Å². The smallest absolute Gasteiger partial charge is 0.335 e. The first-order valence-electron chi connectivity index (χ1n) is 10.4. The molecule has 1 heterocycles. The summed E-state index contributed by atoms with van der Waals surface area (Å²) < 4.78 is 0. The molecule has 0 saturated heterocycles. The van der Waals surface area contributed by atoms with Crippen LogP contribution in [0.1, 0.15) is 104 Å². The van der Waals surface area contributed by atoms with Crippen molar-refractivity contribution in [2.45, 2.75) is 73.1 Å². The molecule has 1 aliphatic heterocycles. The normalized spacial score (nSPS) is 14.5. The van der Waals surface area contributed by atoms with E-state index >= 15 is 0 Å². The van der Waals surface area contributed by atoms with Crippen LogP contribution in [0.15, 0.2) is 18.2 Å². The number of carbonyl (C=O) groups excluding carboxylic acids is 2. The average Bonchev–Trinajstić information content (AvgIpc) is 2.90. The van der Waals surface area contributed by atoms with Crippen molar-refractivity contribution in [1.82, 2.24) is 4.90 Å². The van der Waals surface area contributed by atoms with E-state index < -0.39 is 5.97 Å². The van der Waals surface area contributed by atoms with Crippen LogP contribution in [-0.4, -0.2) is 34.3 Å². The SMILES string of the molecule is CCCC(C)(CCC)C(CC)(CC)CN1C(=O)c2ccc(C(=O)O)cc2C1=O. The third-order valence-corrected chi connectivity index (χ3v) is 6.92. The van der Waals surface area contributed by atoms with Gasteiger partial charge in [0.15, 0.2) is 0 Å². The first kappa shape index (κ1) is 22.1. The number of hydrogen-bond acceptors (Lipinski definition) is 3. The molecule has 1 aromatic rings. The van der Waals surface area contributed by atoms with Crippen LogP contribution in [0.3, 0.4) is 0 Å². The van der Waals surface area contributed by atoms with Crippen molar-refractivity contribution in [3.63, 3.8) is 0 Å². The van der Waals surface area contributed by atoms with Crippen LogP contribution in [-0.2, 0) is 0 Å². The zero-order valence-electron chi connectivity index (χ0n) is 17.8. The Morgan fingerprint density at radius 3 is 1.96 bits per heavy atom. The summed E-state index contributed by atoms with van der Waals surface area (Å²) >= 11 is 0.